The molecule has 0 saturated carbocycles. The Bertz CT molecular complexity index is 324. The van der Waals surface area contributed by atoms with Gasteiger partial charge in [0.1, 0.15) is 0 Å². The van der Waals surface area contributed by atoms with Crippen LogP contribution in [-0.4, -0.2) is 33.2 Å². The van der Waals surface area contributed by atoms with Gasteiger partial charge in [0, 0.05) is 32.7 Å². The van der Waals surface area contributed by atoms with Crippen LogP contribution in [0.4, 0.5) is 0 Å². The van der Waals surface area contributed by atoms with E-state index in [1.54, 1.807) is 4.68 Å². The van der Waals surface area contributed by atoms with Crippen molar-refractivity contribution in [3.8, 4) is 0 Å². The Morgan fingerprint density at radius 1 is 1.79 bits per heavy atom. The predicted octanol–water partition coefficient (Wildman–Crippen LogP) is 0.502. The van der Waals surface area contributed by atoms with Gasteiger partial charge in [0.05, 0.1) is 17.4 Å². The Hall–Kier alpha value is -0.870. The van der Waals surface area contributed by atoms with E-state index in [0.717, 1.165) is 5.69 Å². The molecule has 78 valence electrons. The summed E-state index contributed by atoms with van der Waals surface area (Å²) < 4.78 is 7.11. The van der Waals surface area contributed by atoms with E-state index in [0.29, 0.717) is 19.4 Å². The summed E-state index contributed by atoms with van der Waals surface area (Å²) in [5, 5.41) is 14.5. The molecule has 14 heavy (non-hydrogen) atoms. The van der Waals surface area contributed by atoms with Crippen molar-refractivity contribution in [2.75, 3.05) is 6.61 Å². The zero-order chi connectivity index (χ0) is 10.2. The minimum Gasteiger partial charge on any atom is -0.387 e. The third-order valence-corrected chi connectivity index (χ3v) is 2.92. The zero-order valence-electron chi connectivity index (χ0n) is 8.60. The van der Waals surface area contributed by atoms with Gasteiger partial charge >= 0.3 is 0 Å². The van der Waals surface area contributed by atoms with E-state index in [-0.39, 0.29) is 6.10 Å². The molecule has 0 spiro atoms. The molecule has 0 radical (unpaired) electrons. The summed E-state index contributed by atoms with van der Waals surface area (Å²) in [7, 11) is 1.88. The van der Waals surface area contributed by atoms with Crippen LogP contribution in [0, 0.1) is 0 Å². The largest absolute Gasteiger partial charge is 0.387 e. The Morgan fingerprint density at radius 2 is 2.57 bits per heavy atom. The summed E-state index contributed by atoms with van der Waals surface area (Å²) in [4.78, 5) is 0. The van der Waals surface area contributed by atoms with Crippen LogP contribution in [0.2, 0.25) is 0 Å². The Morgan fingerprint density at radius 3 is 3.07 bits per heavy atom. The molecule has 1 N–H and O–H groups in total. The van der Waals surface area contributed by atoms with E-state index in [1.165, 1.54) is 0 Å². The maximum absolute atomic E-state index is 10.2. The quantitative estimate of drug-likeness (QED) is 0.749. The Balaban J connectivity index is 2.10. The number of rotatable bonds is 2. The lowest BCUT2D eigenvalue weighted by atomic mass is 9.91. The van der Waals surface area contributed by atoms with E-state index < -0.39 is 5.60 Å². The van der Waals surface area contributed by atoms with Gasteiger partial charge in [-0.2, -0.15) is 5.10 Å². The Kier molecular flexibility index (Phi) is 2.33. The van der Waals surface area contributed by atoms with Crippen molar-refractivity contribution in [3.05, 3.63) is 18.0 Å². The molecule has 0 bridgehead atoms. The molecule has 4 heteroatoms. The van der Waals surface area contributed by atoms with Gasteiger partial charge in [-0.3, -0.25) is 4.68 Å². The smallest absolute Gasteiger partial charge is 0.0983 e. The van der Waals surface area contributed by atoms with E-state index in [1.807, 2.05) is 26.2 Å². The van der Waals surface area contributed by atoms with Crippen molar-refractivity contribution in [1.82, 2.24) is 9.78 Å². The number of hydrogen-bond acceptors (Lipinski definition) is 3. The molecule has 0 aromatic carbocycles. The van der Waals surface area contributed by atoms with Crippen LogP contribution in [0.5, 0.6) is 0 Å². The fourth-order valence-electron chi connectivity index (χ4n) is 1.87. The summed E-state index contributed by atoms with van der Waals surface area (Å²) in [5.41, 5.74) is 0.196. The third-order valence-electron chi connectivity index (χ3n) is 2.92. The third kappa shape index (κ3) is 1.67. The van der Waals surface area contributed by atoms with Crippen LogP contribution >= 0.6 is 0 Å². The maximum atomic E-state index is 10.2. The van der Waals surface area contributed by atoms with Crippen LogP contribution in [0.1, 0.15) is 19.0 Å². The number of aromatic nitrogens is 2. The molecular weight excluding hydrogens is 180 g/mol. The average molecular weight is 196 g/mol. The minimum atomic E-state index is -0.728. The molecule has 2 unspecified atom stereocenters. The second-order valence-corrected chi connectivity index (χ2v) is 4.02. The SMILES string of the molecule is CC1OCCC1(O)Cc1ccn(C)n1. The monoisotopic (exact) mass is 196 g/mol. The van der Waals surface area contributed by atoms with Gasteiger partial charge in [0.25, 0.3) is 0 Å². The van der Waals surface area contributed by atoms with Gasteiger partial charge in [-0.1, -0.05) is 0 Å². The van der Waals surface area contributed by atoms with Crippen molar-refractivity contribution in [1.29, 1.82) is 0 Å². The topological polar surface area (TPSA) is 47.3 Å². The van der Waals surface area contributed by atoms with E-state index in [4.69, 9.17) is 4.74 Å². The summed E-state index contributed by atoms with van der Waals surface area (Å²) in [5.74, 6) is 0. The van der Waals surface area contributed by atoms with Crippen molar-refractivity contribution < 1.29 is 9.84 Å². The second kappa shape index (κ2) is 3.37. The first-order valence-electron chi connectivity index (χ1n) is 4.93. The fraction of sp³-hybridized carbons (Fsp3) is 0.700. The first-order chi connectivity index (χ1) is 6.60. The molecule has 1 aromatic heterocycles. The van der Waals surface area contributed by atoms with E-state index in [9.17, 15) is 5.11 Å². The standard InChI is InChI=1S/C10H16N2O2/c1-8-10(13,4-6-14-8)7-9-3-5-12(2)11-9/h3,5,8,13H,4,6-7H2,1-2H3. The molecule has 1 fully saturated rings. The number of nitrogens with zero attached hydrogens (tertiary/aromatic N) is 2. The van der Waals surface area contributed by atoms with Gasteiger partial charge < -0.3 is 9.84 Å². The molecule has 0 amide bonds. The van der Waals surface area contributed by atoms with Crippen LogP contribution in [0.25, 0.3) is 0 Å². The van der Waals surface area contributed by atoms with Gasteiger partial charge in [0.2, 0.25) is 0 Å². The van der Waals surface area contributed by atoms with Crippen LogP contribution < -0.4 is 0 Å². The normalized spacial score (nSPS) is 32.4. The molecule has 2 rings (SSSR count). The highest BCUT2D eigenvalue weighted by Gasteiger charge is 2.39. The lowest BCUT2D eigenvalue weighted by Crippen LogP contribution is -2.38. The van der Waals surface area contributed by atoms with Crippen LogP contribution in [0.15, 0.2) is 12.3 Å². The number of hydrogen-bond donors (Lipinski definition) is 1. The van der Waals surface area contributed by atoms with Crippen molar-refractivity contribution in [2.24, 2.45) is 7.05 Å². The highest BCUT2D eigenvalue weighted by molar-refractivity contribution is 5.06. The summed E-state index contributed by atoms with van der Waals surface area (Å²) in [6.07, 6.45) is 3.07. The molecule has 2 atom stereocenters. The summed E-state index contributed by atoms with van der Waals surface area (Å²) >= 11 is 0. The number of ether oxygens (including phenoxy) is 1. The molecule has 2 heterocycles. The van der Waals surface area contributed by atoms with Crippen LogP contribution in [0.3, 0.4) is 0 Å². The second-order valence-electron chi connectivity index (χ2n) is 4.02. The van der Waals surface area contributed by atoms with Gasteiger partial charge in [-0.05, 0) is 13.0 Å². The highest BCUT2D eigenvalue weighted by Crippen LogP contribution is 2.28. The van der Waals surface area contributed by atoms with Gasteiger partial charge in [0.15, 0.2) is 0 Å². The average Bonchev–Trinajstić information content (AvgIpc) is 2.62. The molecule has 1 aliphatic heterocycles. The molecule has 4 nitrogen and oxygen atoms in total. The van der Waals surface area contributed by atoms with Crippen molar-refractivity contribution >= 4 is 0 Å². The lowest BCUT2D eigenvalue weighted by Gasteiger charge is -2.24. The van der Waals surface area contributed by atoms with Gasteiger partial charge in [-0.15, -0.1) is 0 Å². The number of aryl methyl sites for hydroxylation is 1. The summed E-state index contributed by atoms with van der Waals surface area (Å²) in [6.45, 7) is 2.56. The zero-order valence-corrected chi connectivity index (χ0v) is 8.60. The fourth-order valence-corrected chi connectivity index (χ4v) is 1.87. The van der Waals surface area contributed by atoms with Crippen LogP contribution in [-0.2, 0) is 18.2 Å². The molecule has 0 aliphatic carbocycles. The number of aliphatic hydroxyl groups is 1. The molecule has 1 aliphatic rings. The first kappa shape index (κ1) is 9.68. The van der Waals surface area contributed by atoms with Crippen molar-refractivity contribution in [3.63, 3.8) is 0 Å². The predicted molar refractivity (Wildman–Crippen MR) is 51.9 cm³/mol. The molecule has 1 aromatic rings. The lowest BCUT2D eigenvalue weighted by molar-refractivity contribution is -0.0275. The van der Waals surface area contributed by atoms with E-state index in [2.05, 4.69) is 5.10 Å². The van der Waals surface area contributed by atoms with E-state index >= 15 is 0 Å². The molecule has 1 saturated heterocycles. The highest BCUT2D eigenvalue weighted by atomic mass is 16.5. The first-order valence-corrected chi connectivity index (χ1v) is 4.93. The maximum Gasteiger partial charge on any atom is 0.0983 e. The summed E-state index contributed by atoms with van der Waals surface area (Å²) in [6, 6.07) is 1.93. The Labute approximate surface area is 83.5 Å². The van der Waals surface area contributed by atoms with Crippen molar-refractivity contribution in [2.45, 2.75) is 31.5 Å². The van der Waals surface area contributed by atoms with Gasteiger partial charge in [-0.25, -0.2) is 0 Å². The minimum absolute atomic E-state index is 0.0930. The molecular formula is C10H16N2O2.